The topological polar surface area (TPSA) is 34.1 Å². The van der Waals surface area contributed by atoms with Gasteiger partial charge in [-0.25, -0.2) is 0 Å². The number of hydrogen-bond donors (Lipinski definition) is 1. The van der Waals surface area contributed by atoms with Crippen molar-refractivity contribution in [1.29, 1.82) is 0 Å². The lowest BCUT2D eigenvalue weighted by molar-refractivity contribution is 0.152. The Hall–Kier alpha value is -0.860. The van der Waals surface area contributed by atoms with Crippen LogP contribution in [0.25, 0.3) is 0 Å². The van der Waals surface area contributed by atoms with E-state index < -0.39 is 0 Å². The molecule has 0 spiro atoms. The van der Waals surface area contributed by atoms with Gasteiger partial charge in [0.25, 0.3) is 0 Å². The summed E-state index contributed by atoms with van der Waals surface area (Å²) in [4.78, 5) is 11.9. The predicted molar refractivity (Wildman–Crippen MR) is 121 cm³/mol. The number of nitrogens with zero attached hydrogens (tertiary/aromatic N) is 4. The number of piperazine rings is 1. The van der Waals surface area contributed by atoms with Gasteiger partial charge in [0.15, 0.2) is 5.96 Å². The van der Waals surface area contributed by atoms with Gasteiger partial charge in [-0.15, -0.1) is 24.0 Å². The van der Waals surface area contributed by atoms with Crippen molar-refractivity contribution in [3.63, 3.8) is 0 Å². The van der Waals surface area contributed by atoms with Crippen molar-refractivity contribution in [1.82, 2.24) is 20.0 Å². The summed E-state index contributed by atoms with van der Waals surface area (Å²) in [7, 11) is 4.11. The maximum atomic E-state index is 4.50. The van der Waals surface area contributed by atoms with Gasteiger partial charge in [0.05, 0.1) is 0 Å². The molecule has 2 heterocycles. The SMILES string of the molecule is CN=C(NCCCCN1CCN(C)CC1)N1CCc2ccccc2C1.I. The average Bonchev–Trinajstić information content (AvgIpc) is 2.66. The normalized spacial score (nSPS) is 19.0. The summed E-state index contributed by atoms with van der Waals surface area (Å²) in [5.41, 5.74) is 2.92. The fourth-order valence-electron chi connectivity index (χ4n) is 3.74. The summed E-state index contributed by atoms with van der Waals surface area (Å²) in [5.74, 6) is 1.05. The van der Waals surface area contributed by atoms with Crippen molar-refractivity contribution >= 4 is 29.9 Å². The lowest BCUT2D eigenvalue weighted by atomic mass is 10.0. The highest BCUT2D eigenvalue weighted by Gasteiger charge is 2.18. The molecule has 5 nitrogen and oxygen atoms in total. The number of fused-ring (bicyclic) bond motifs is 1. The van der Waals surface area contributed by atoms with Crippen molar-refractivity contribution in [3.05, 3.63) is 35.4 Å². The Bertz CT molecular complexity index is 569. The van der Waals surface area contributed by atoms with E-state index in [0.29, 0.717) is 0 Å². The van der Waals surface area contributed by atoms with Crippen molar-refractivity contribution < 1.29 is 0 Å². The van der Waals surface area contributed by atoms with Crippen molar-refractivity contribution in [3.8, 4) is 0 Å². The fraction of sp³-hybridized carbons (Fsp3) is 0.650. The van der Waals surface area contributed by atoms with E-state index in [1.165, 1.54) is 56.7 Å². The smallest absolute Gasteiger partial charge is 0.193 e. The highest BCUT2D eigenvalue weighted by Crippen LogP contribution is 2.18. The van der Waals surface area contributed by atoms with Gasteiger partial charge in [-0.05, 0) is 44.0 Å². The number of aliphatic imine (C=N–C) groups is 1. The molecule has 0 radical (unpaired) electrons. The maximum absolute atomic E-state index is 4.50. The van der Waals surface area contributed by atoms with E-state index in [9.17, 15) is 0 Å². The Kier molecular flexibility index (Phi) is 9.15. The zero-order chi connectivity index (χ0) is 17.5. The molecule has 0 bridgehead atoms. The Morgan fingerprint density at radius 2 is 1.77 bits per heavy atom. The summed E-state index contributed by atoms with van der Waals surface area (Å²) in [6.45, 7) is 9.12. The van der Waals surface area contributed by atoms with Crippen LogP contribution < -0.4 is 5.32 Å². The lowest BCUT2D eigenvalue weighted by Crippen LogP contribution is -2.45. The fourth-order valence-corrected chi connectivity index (χ4v) is 3.74. The standard InChI is InChI=1S/C20H33N5.HI/c1-21-20(25-12-9-18-7-3-4-8-19(18)17-25)22-10-5-6-11-24-15-13-23(2)14-16-24;/h3-4,7-8H,5-6,9-17H2,1-2H3,(H,21,22);1H. The summed E-state index contributed by atoms with van der Waals surface area (Å²) in [6, 6.07) is 8.77. The zero-order valence-electron chi connectivity index (χ0n) is 16.3. The molecule has 0 aromatic heterocycles. The summed E-state index contributed by atoms with van der Waals surface area (Å²) < 4.78 is 0. The van der Waals surface area contributed by atoms with E-state index in [0.717, 1.165) is 32.0 Å². The molecule has 0 atom stereocenters. The van der Waals surface area contributed by atoms with Gasteiger partial charge in [-0.1, -0.05) is 24.3 Å². The molecular weight excluding hydrogens is 437 g/mol. The predicted octanol–water partition coefficient (Wildman–Crippen LogP) is 2.27. The van der Waals surface area contributed by atoms with E-state index in [-0.39, 0.29) is 24.0 Å². The first-order valence-corrected chi connectivity index (χ1v) is 9.69. The minimum absolute atomic E-state index is 0. The van der Waals surface area contributed by atoms with Crippen LogP contribution in [0, 0.1) is 0 Å². The number of rotatable bonds is 5. The molecule has 1 aromatic rings. The lowest BCUT2D eigenvalue weighted by Gasteiger charge is -2.32. The van der Waals surface area contributed by atoms with Crippen LogP contribution in [-0.2, 0) is 13.0 Å². The molecule has 1 fully saturated rings. The molecule has 0 saturated carbocycles. The molecule has 1 saturated heterocycles. The molecule has 146 valence electrons. The van der Waals surface area contributed by atoms with Gasteiger partial charge < -0.3 is 20.0 Å². The minimum atomic E-state index is 0. The van der Waals surface area contributed by atoms with Gasteiger partial charge in [0, 0.05) is 52.9 Å². The number of guanidine groups is 1. The van der Waals surface area contributed by atoms with Crippen LogP contribution in [0.15, 0.2) is 29.3 Å². The zero-order valence-corrected chi connectivity index (χ0v) is 18.6. The van der Waals surface area contributed by atoms with Gasteiger partial charge in [0.1, 0.15) is 0 Å². The maximum Gasteiger partial charge on any atom is 0.193 e. The van der Waals surface area contributed by atoms with Crippen LogP contribution in [0.2, 0.25) is 0 Å². The van der Waals surface area contributed by atoms with Crippen LogP contribution >= 0.6 is 24.0 Å². The molecule has 1 N–H and O–H groups in total. The Balaban J connectivity index is 0.00000243. The second kappa shape index (κ2) is 11.1. The molecule has 0 amide bonds. The van der Waals surface area contributed by atoms with Gasteiger partial charge in [-0.2, -0.15) is 0 Å². The third-order valence-corrected chi connectivity index (χ3v) is 5.42. The van der Waals surface area contributed by atoms with Gasteiger partial charge >= 0.3 is 0 Å². The molecule has 2 aliphatic rings. The van der Waals surface area contributed by atoms with E-state index in [4.69, 9.17) is 0 Å². The van der Waals surface area contributed by atoms with Crippen LogP contribution in [0.1, 0.15) is 24.0 Å². The van der Waals surface area contributed by atoms with E-state index >= 15 is 0 Å². The molecule has 6 heteroatoms. The highest BCUT2D eigenvalue weighted by atomic mass is 127. The Labute approximate surface area is 175 Å². The molecule has 0 aliphatic carbocycles. The molecular formula is C20H34IN5. The van der Waals surface area contributed by atoms with Gasteiger partial charge in [0.2, 0.25) is 0 Å². The number of halogens is 1. The number of likely N-dealkylation sites (N-methyl/N-ethyl adjacent to an activating group) is 1. The summed E-state index contributed by atoms with van der Waals surface area (Å²) in [5, 5.41) is 3.56. The van der Waals surface area contributed by atoms with E-state index in [1.54, 1.807) is 0 Å². The second-order valence-corrected chi connectivity index (χ2v) is 7.27. The Morgan fingerprint density at radius 3 is 2.50 bits per heavy atom. The first-order chi connectivity index (χ1) is 12.3. The number of hydrogen-bond acceptors (Lipinski definition) is 3. The van der Waals surface area contributed by atoms with Crippen LogP contribution in [0.4, 0.5) is 0 Å². The largest absolute Gasteiger partial charge is 0.356 e. The molecule has 26 heavy (non-hydrogen) atoms. The average molecular weight is 471 g/mol. The van der Waals surface area contributed by atoms with Crippen molar-refractivity contribution in [2.75, 3.05) is 59.9 Å². The summed E-state index contributed by atoms with van der Waals surface area (Å²) >= 11 is 0. The van der Waals surface area contributed by atoms with Gasteiger partial charge in [-0.3, -0.25) is 4.99 Å². The highest BCUT2D eigenvalue weighted by molar-refractivity contribution is 14.0. The van der Waals surface area contributed by atoms with E-state index in [2.05, 4.69) is 56.3 Å². The third kappa shape index (κ3) is 6.09. The number of unbranched alkanes of at least 4 members (excludes halogenated alkanes) is 1. The van der Waals surface area contributed by atoms with Crippen LogP contribution in [0.3, 0.4) is 0 Å². The second-order valence-electron chi connectivity index (χ2n) is 7.27. The van der Waals surface area contributed by atoms with Crippen LogP contribution in [-0.4, -0.2) is 80.6 Å². The molecule has 0 unspecified atom stereocenters. The first-order valence-electron chi connectivity index (χ1n) is 9.69. The number of nitrogens with one attached hydrogen (secondary N) is 1. The molecule has 3 rings (SSSR count). The van der Waals surface area contributed by atoms with Crippen molar-refractivity contribution in [2.24, 2.45) is 4.99 Å². The Morgan fingerprint density at radius 1 is 1.04 bits per heavy atom. The quantitative estimate of drug-likeness (QED) is 0.309. The molecule has 2 aliphatic heterocycles. The third-order valence-electron chi connectivity index (χ3n) is 5.42. The first kappa shape index (κ1) is 21.4. The monoisotopic (exact) mass is 471 g/mol. The van der Waals surface area contributed by atoms with Crippen LogP contribution in [0.5, 0.6) is 0 Å². The minimum Gasteiger partial charge on any atom is -0.356 e. The van der Waals surface area contributed by atoms with E-state index in [1.807, 2.05) is 7.05 Å². The number of benzene rings is 1. The van der Waals surface area contributed by atoms with Crippen molar-refractivity contribution in [2.45, 2.75) is 25.8 Å². The summed E-state index contributed by atoms with van der Waals surface area (Å²) in [6.07, 6.45) is 3.58. The molecule has 1 aromatic carbocycles.